The number of aryl methyl sites for hydroxylation is 1. The fourth-order valence-corrected chi connectivity index (χ4v) is 2.51. The van der Waals surface area contributed by atoms with E-state index < -0.39 is 0 Å². The molecule has 2 aromatic heterocycles. The molecular weight excluding hydrogens is 198 g/mol. The summed E-state index contributed by atoms with van der Waals surface area (Å²) < 4.78 is 2.14. The summed E-state index contributed by atoms with van der Waals surface area (Å²) in [6.07, 6.45) is 6.90. The quantitative estimate of drug-likeness (QED) is 0.789. The number of fused-ring (bicyclic) bond motifs is 1. The van der Waals surface area contributed by atoms with Gasteiger partial charge in [0.05, 0.1) is 5.69 Å². The molecule has 1 aliphatic rings. The van der Waals surface area contributed by atoms with E-state index in [0.717, 1.165) is 17.9 Å². The minimum absolute atomic E-state index is 0.667. The number of imidazole rings is 1. The highest BCUT2D eigenvalue weighted by Crippen LogP contribution is 2.23. The van der Waals surface area contributed by atoms with Crippen molar-refractivity contribution in [2.24, 2.45) is 0 Å². The van der Waals surface area contributed by atoms with Gasteiger partial charge in [-0.1, -0.05) is 6.07 Å². The molecule has 1 fully saturated rings. The monoisotopic (exact) mass is 215 g/mol. The molecule has 1 aliphatic heterocycles. The highest BCUT2D eigenvalue weighted by Gasteiger charge is 2.15. The topological polar surface area (TPSA) is 29.3 Å². The van der Waals surface area contributed by atoms with Gasteiger partial charge >= 0.3 is 0 Å². The Labute approximate surface area is 95.5 Å². The lowest BCUT2D eigenvalue weighted by atomic mass is 9.93. The summed E-state index contributed by atoms with van der Waals surface area (Å²) in [7, 11) is 0. The summed E-state index contributed by atoms with van der Waals surface area (Å²) >= 11 is 0. The average molecular weight is 215 g/mol. The third-order valence-corrected chi connectivity index (χ3v) is 3.36. The van der Waals surface area contributed by atoms with Crippen LogP contribution in [-0.4, -0.2) is 22.5 Å². The van der Waals surface area contributed by atoms with Crippen molar-refractivity contribution in [1.82, 2.24) is 14.7 Å². The first-order valence-electron chi connectivity index (χ1n) is 5.99. The SMILES string of the molecule is Cc1cn2cc(C3CCCNC3)ccc2n1. The number of aromatic nitrogens is 2. The molecule has 0 radical (unpaired) electrons. The largest absolute Gasteiger partial charge is 0.316 e. The highest BCUT2D eigenvalue weighted by atomic mass is 15.0. The van der Waals surface area contributed by atoms with Gasteiger partial charge < -0.3 is 9.72 Å². The first kappa shape index (κ1) is 9.85. The maximum Gasteiger partial charge on any atom is 0.136 e. The zero-order valence-corrected chi connectivity index (χ0v) is 9.61. The molecule has 0 spiro atoms. The van der Waals surface area contributed by atoms with Crippen LogP contribution in [0, 0.1) is 6.92 Å². The van der Waals surface area contributed by atoms with E-state index in [2.05, 4.69) is 39.2 Å². The van der Waals surface area contributed by atoms with Gasteiger partial charge in [0.25, 0.3) is 0 Å². The molecule has 3 nitrogen and oxygen atoms in total. The molecule has 1 saturated heterocycles. The molecule has 1 unspecified atom stereocenters. The fraction of sp³-hybridized carbons (Fsp3) is 0.462. The number of nitrogens with one attached hydrogen (secondary N) is 1. The van der Waals surface area contributed by atoms with E-state index >= 15 is 0 Å². The highest BCUT2D eigenvalue weighted by molar-refractivity contribution is 5.42. The zero-order valence-electron chi connectivity index (χ0n) is 9.61. The minimum Gasteiger partial charge on any atom is -0.316 e. The molecule has 16 heavy (non-hydrogen) atoms. The molecule has 3 heterocycles. The second-order valence-corrected chi connectivity index (χ2v) is 4.65. The molecule has 3 rings (SSSR count). The van der Waals surface area contributed by atoms with E-state index in [0.29, 0.717) is 5.92 Å². The van der Waals surface area contributed by atoms with Crippen LogP contribution in [0.3, 0.4) is 0 Å². The Hall–Kier alpha value is -1.35. The van der Waals surface area contributed by atoms with Crippen molar-refractivity contribution >= 4 is 5.65 Å². The Balaban J connectivity index is 1.97. The summed E-state index contributed by atoms with van der Waals surface area (Å²) in [6, 6.07) is 4.34. The molecule has 0 saturated carbocycles. The maximum atomic E-state index is 4.45. The van der Waals surface area contributed by atoms with E-state index in [1.807, 2.05) is 6.92 Å². The van der Waals surface area contributed by atoms with E-state index in [4.69, 9.17) is 0 Å². The van der Waals surface area contributed by atoms with Crippen molar-refractivity contribution in [3.8, 4) is 0 Å². The molecular formula is C13H17N3. The van der Waals surface area contributed by atoms with Gasteiger partial charge in [0, 0.05) is 18.9 Å². The number of hydrogen-bond acceptors (Lipinski definition) is 2. The Morgan fingerprint density at radius 3 is 3.12 bits per heavy atom. The number of hydrogen-bond donors (Lipinski definition) is 1. The second kappa shape index (κ2) is 3.91. The molecule has 0 bridgehead atoms. The predicted molar refractivity (Wildman–Crippen MR) is 64.8 cm³/mol. The van der Waals surface area contributed by atoms with Gasteiger partial charge in [0.1, 0.15) is 5.65 Å². The normalized spacial score (nSPS) is 21.4. The summed E-state index contributed by atoms with van der Waals surface area (Å²) in [5.74, 6) is 0.667. The number of nitrogens with zero attached hydrogens (tertiary/aromatic N) is 2. The van der Waals surface area contributed by atoms with Gasteiger partial charge in [-0.2, -0.15) is 0 Å². The van der Waals surface area contributed by atoms with Crippen LogP contribution in [0.4, 0.5) is 0 Å². The van der Waals surface area contributed by atoms with Gasteiger partial charge in [0.2, 0.25) is 0 Å². The lowest BCUT2D eigenvalue weighted by Crippen LogP contribution is -2.28. The van der Waals surface area contributed by atoms with Gasteiger partial charge in [-0.25, -0.2) is 4.98 Å². The van der Waals surface area contributed by atoms with Crippen LogP contribution in [0.1, 0.15) is 30.0 Å². The molecule has 0 amide bonds. The van der Waals surface area contributed by atoms with Crippen LogP contribution < -0.4 is 5.32 Å². The van der Waals surface area contributed by atoms with Crippen LogP contribution in [0.15, 0.2) is 24.5 Å². The van der Waals surface area contributed by atoms with Gasteiger partial charge in [-0.15, -0.1) is 0 Å². The van der Waals surface area contributed by atoms with Gasteiger partial charge in [0.15, 0.2) is 0 Å². The summed E-state index contributed by atoms with van der Waals surface area (Å²) in [6.45, 7) is 4.32. The average Bonchev–Trinajstić information content (AvgIpc) is 2.69. The third kappa shape index (κ3) is 1.71. The Kier molecular flexibility index (Phi) is 2.40. The van der Waals surface area contributed by atoms with Crippen LogP contribution in [0.5, 0.6) is 0 Å². The van der Waals surface area contributed by atoms with E-state index in [1.165, 1.54) is 24.9 Å². The minimum atomic E-state index is 0.667. The van der Waals surface area contributed by atoms with Crippen LogP contribution >= 0.6 is 0 Å². The van der Waals surface area contributed by atoms with Crippen molar-refractivity contribution < 1.29 is 0 Å². The molecule has 3 heteroatoms. The van der Waals surface area contributed by atoms with Crippen LogP contribution in [0.25, 0.3) is 5.65 Å². The smallest absolute Gasteiger partial charge is 0.136 e. The van der Waals surface area contributed by atoms with Crippen LogP contribution in [0.2, 0.25) is 0 Å². The first-order chi connectivity index (χ1) is 7.83. The van der Waals surface area contributed by atoms with Gasteiger partial charge in [-0.3, -0.25) is 0 Å². The predicted octanol–water partition coefficient (Wildman–Crippen LogP) is 2.11. The maximum absolute atomic E-state index is 4.45. The molecule has 2 aromatic rings. The van der Waals surface area contributed by atoms with Crippen molar-refractivity contribution in [2.45, 2.75) is 25.7 Å². The van der Waals surface area contributed by atoms with Crippen molar-refractivity contribution in [3.05, 3.63) is 35.8 Å². The van der Waals surface area contributed by atoms with E-state index in [1.54, 1.807) is 0 Å². The first-order valence-corrected chi connectivity index (χ1v) is 5.99. The lowest BCUT2D eigenvalue weighted by molar-refractivity contribution is 0.460. The number of piperidine rings is 1. The summed E-state index contributed by atoms with van der Waals surface area (Å²) in [4.78, 5) is 4.45. The molecule has 84 valence electrons. The number of rotatable bonds is 1. The van der Waals surface area contributed by atoms with Crippen LogP contribution in [-0.2, 0) is 0 Å². The molecule has 1 N–H and O–H groups in total. The lowest BCUT2D eigenvalue weighted by Gasteiger charge is -2.23. The number of pyridine rings is 1. The second-order valence-electron chi connectivity index (χ2n) is 4.65. The zero-order chi connectivity index (χ0) is 11.0. The van der Waals surface area contributed by atoms with E-state index in [9.17, 15) is 0 Å². The molecule has 1 atom stereocenters. The molecule has 0 aromatic carbocycles. The standard InChI is InChI=1S/C13H17N3/c1-10-8-16-9-12(4-5-13(16)15-10)11-3-2-6-14-7-11/h4-5,8-9,11,14H,2-3,6-7H2,1H3. The van der Waals surface area contributed by atoms with Gasteiger partial charge in [-0.05, 0) is 43.9 Å². The Morgan fingerprint density at radius 1 is 1.38 bits per heavy atom. The third-order valence-electron chi connectivity index (χ3n) is 3.36. The summed E-state index contributed by atoms with van der Waals surface area (Å²) in [5.41, 5.74) is 3.56. The van der Waals surface area contributed by atoms with Crippen molar-refractivity contribution in [2.75, 3.05) is 13.1 Å². The van der Waals surface area contributed by atoms with Crippen molar-refractivity contribution in [1.29, 1.82) is 0 Å². The van der Waals surface area contributed by atoms with Crippen molar-refractivity contribution in [3.63, 3.8) is 0 Å². The summed E-state index contributed by atoms with van der Waals surface area (Å²) in [5, 5.41) is 3.46. The Morgan fingerprint density at radius 2 is 2.31 bits per heavy atom. The molecule has 0 aliphatic carbocycles. The fourth-order valence-electron chi connectivity index (χ4n) is 2.51. The Bertz CT molecular complexity index is 495. The van der Waals surface area contributed by atoms with E-state index in [-0.39, 0.29) is 0 Å².